The number of amides is 1. The van der Waals surface area contributed by atoms with Crippen LogP contribution in [0.4, 0.5) is 5.82 Å². The topological polar surface area (TPSA) is 52.6 Å². The maximum atomic E-state index is 12.8. The molecule has 0 bridgehead atoms. The van der Waals surface area contributed by atoms with Crippen molar-refractivity contribution in [2.75, 3.05) is 52.2 Å². The number of aromatic nitrogens is 2. The Labute approximate surface area is 142 Å². The predicted octanol–water partition coefficient (Wildman–Crippen LogP) is 1.60. The van der Waals surface area contributed by atoms with Crippen molar-refractivity contribution in [1.82, 2.24) is 19.8 Å². The molecule has 3 heterocycles. The molecule has 126 valence electrons. The summed E-state index contributed by atoms with van der Waals surface area (Å²) in [6.45, 7) is 3.36. The number of carbonyl (C=O) groups excluding carboxylic acids is 1. The van der Waals surface area contributed by atoms with E-state index in [1.807, 2.05) is 42.1 Å². The maximum Gasteiger partial charge on any atom is 0.254 e. The van der Waals surface area contributed by atoms with Crippen LogP contribution in [0.2, 0.25) is 0 Å². The van der Waals surface area contributed by atoms with Crippen LogP contribution in [-0.4, -0.2) is 73.0 Å². The van der Waals surface area contributed by atoms with Crippen LogP contribution in [0.1, 0.15) is 10.4 Å². The number of nitrogens with zero attached hydrogens (tertiary/aromatic N) is 5. The lowest BCUT2D eigenvalue weighted by molar-refractivity contribution is 0.0664. The molecular formula is C18H23N5O. The van der Waals surface area contributed by atoms with Gasteiger partial charge in [0.2, 0.25) is 0 Å². The zero-order chi connectivity index (χ0) is 17.1. The lowest BCUT2D eigenvalue weighted by Crippen LogP contribution is -2.47. The Morgan fingerprint density at radius 2 is 1.83 bits per heavy atom. The largest absolute Gasteiger partial charge is 0.362 e. The van der Waals surface area contributed by atoms with Crippen LogP contribution in [0.25, 0.3) is 11.3 Å². The van der Waals surface area contributed by atoms with Gasteiger partial charge < -0.3 is 14.7 Å². The summed E-state index contributed by atoms with van der Waals surface area (Å²) in [5.41, 5.74) is 2.38. The number of carbonyl (C=O) groups is 1. The molecule has 6 nitrogen and oxygen atoms in total. The van der Waals surface area contributed by atoms with Crippen molar-refractivity contribution in [3.05, 3.63) is 42.2 Å². The van der Waals surface area contributed by atoms with E-state index in [1.54, 1.807) is 18.5 Å². The minimum atomic E-state index is 0.0713. The Morgan fingerprint density at radius 1 is 1.08 bits per heavy atom. The number of likely N-dealkylation sites (N-methyl/N-ethyl adjacent to an activating group) is 1. The fraction of sp³-hybridized carbons (Fsp3) is 0.389. The summed E-state index contributed by atoms with van der Waals surface area (Å²) in [4.78, 5) is 27.7. The molecule has 1 fully saturated rings. The third kappa shape index (κ3) is 3.38. The normalized spacial score (nSPS) is 15.4. The average Bonchev–Trinajstić information content (AvgIpc) is 2.62. The van der Waals surface area contributed by atoms with Crippen molar-refractivity contribution in [2.24, 2.45) is 0 Å². The Bertz CT molecular complexity index is 723. The highest BCUT2D eigenvalue weighted by Gasteiger charge is 2.21. The van der Waals surface area contributed by atoms with Crippen LogP contribution in [-0.2, 0) is 0 Å². The molecule has 0 N–H and O–H groups in total. The molecule has 0 saturated carbocycles. The molecule has 0 spiro atoms. The third-order valence-electron chi connectivity index (χ3n) is 4.28. The van der Waals surface area contributed by atoms with E-state index in [-0.39, 0.29) is 5.91 Å². The second-order valence-electron chi connectivity index (χ2n) is 6.29. The van der Waals surface area contributed by atoms with E-state index in [4.69, 9.17) is 0 Å². The van der Waals surface area contributed by atoms with Gasteiger partial charge in [-0.25, -0.2) is 4.98 Å². The van der Waals surface area contributed by atoms with E-state index in [0.29, 0.717) is 5.56 Å². The van der Waals surface area contributed by atoms with E-state index in [1.165, 1.54) is 0 Å². The zero-order valence-electron chi connectivity index (χ0n) is 14.4. The fourth-order valence-electron chi connectivity index (χ4n) is 2.86. The van der Waals surface area contributed by atoms with Crippen molar-refractivity contribution in [2.45, 2.75) is 0 Å². The smallest absolute Gasteiger partial charge is 0.254 e. The molecule has 0 aliphatic carbocycles. The summed E-state index contributed by atoms with van der Waals surface area (Å²) in [5, 5.41) is 0. The van der Waals surface area contributed by atoms with Crippen LogP contribution < -0.4 is 4.90 Å². The van der Waals surface area contributed by atoms with Crippen LogP contribution >= 0.6 is 0 Å². The predicted molar refractivity (Wildman–Crippen MR) is 95.2 cm³/mol. The van der Waals surface area contributed by atoms with Gasteiger partial charge in [0.05, 0.1) is 5.69 Å². The van der Waals surface area contributed by atoms with Crippen molar-refractivity contribution in [3.8, 4) is 11.3 Å². The van der Waals surface area contributed by atoms with Gasteiger partial charge >= 0.3 is 0 Å². The lowest BCUT2D eigenvalue weighted by atomic mass is 10.1. The van der Waals surface area contributed by atoms with E-state index in [9.17, 15) is 4.79 Å². The molecule has 0 aromatic carbocycles. The third-order valence-corrected chi connectivity index (χ3v) is 4.28. The first kappa shape index (κ1) is 16.4. The minimum Gasteiger partial charge on any atom is -0.362 e. The first-order chi connectivity index (χ1) is 11.6. The molecule has 24 heavy (non-hydrogen) atoms. The van der Waals surface area contributed by atoms with Gasteiger partial charge in [0.15, 0.2) is 0 Å². The van der Waals surface area contributed by atoms with E-state index < -0.39 is 0 Å². The summed E-state index contributed by atoms with van der Waals surface area (Å²) >= 11 is 0. The number of hydrogen-bond donors (Lipinski definition) is 0. The standard InChI is InChI=1S/C18H23N5O/c1-21(2)17-15(5-4-7-20-17)16-13-14(6-8-19-16)18(24)23-11-9-22(3)10-12-23/h4-8,13H,9-12H2,1-3H3. The molecule has 0 radical (unpaired) electrons. The van der Waals surface area contributed by atoms with Crippen molar-refractivity contribution in [1.29, 1.82) is 0 Å². The fourth-order valence-corrected chi connectivity index (χ4v) is 2.86. The van der Waals surface area contributed by atoms with E-state index in [2.05, 4.69) is 21.9 Å². The highest BCUT2D eigenvalue weighted by molar-refractivity contribution is 5.95. The zero-order valence-corrected chi connectivity index (χ0v) is 14.4. The first-order valence-corrected chi connectivity index (χ1v) is 8.13. The monoisotopic (exact) mass is 325 g/mol. The number of anilines is 1. The quantitative estimate of drug-likeness (QED) is 0.858. The van der Waals surface area contributed by atoms with Crippen LogP contribution in [0, 0.1) is 0 Å². The van der Waals surface area contributed by atoms with Gasteiger partial charge in [-0.3, -0.25) is 9.78 Å². The molecule has 0 unspecified atom stereocenters. The number of pyridine rings is 2. The molecule has 1 amide bonds. The van der Waals surface area contributed by atoms with Gasteiger partial charge in [0.1, 0.15) is 5.82 Å². The summed E-state index contributed by atoms with van der Waals surface area (Å²) in [7, 11) is 5.98. The van der Waals surface area contributed by atoms with Gasteiger partial charge in [0.25, 0.3) is 5.91 Å². The minimum absolute atomic E-state index is 0.0713. The summed E-state index contributed by atoms with van der Waals surface area (Å²) in [5.74, 6) is 0.913. The molecular weight excluding hydrogens is 302 g/mol. The molecule has 6 heteroatoms. The van der Waals surface area contributed by atoms with Gasteiger partial charge in [-0.2, -0.15) is 0 Å². The lowest BCUT2D eigenvalue weighted by Gasteiger charge is -2.32. The Balaban J connectivity index is 1.89. The van der Waals surface area contributed by atoms with E-state index in [0.717, 1.165) is 43.3 Å². The summed E-state index contributed by atoms with van der Waals surface area (Å²) in [6.07, 6.45) is 3.46. The Kier molecular flexibility index (Phi) is 4.76. The molecule has 0 atom stereocenters. The summed E-state index contributed by atoms with van der Waals surface area (Å²) < 4.78 is 0. The molecule has 1 aliphatic rings. The molecule has 3 rings (SSSR count). The first-order valence-electron chi connectivity index (χ1n) is 8.13. The van der Waals surface area contributed by atoms with Crippen molar-refractivity contribution < 1.29 is 4.79 Å². The molecule has 2 aromatic rings. The highest BCUT2D eigenvalue weighted by atomic mass is 16.2. The summed E-state index contributed by atoms with van der Waals surface area (Å²) in [6, 6.07) is 7.52. The highest BCUT2D eigenvalue weighted by Crippen LogP contribution is 2.26. The van der Waals surface area contributed by atoms with Gasteiger partial charge in [-0.05, 0) is 31.3 Å². The van der Waals surface area contributed by atoms with Crippen LogP contribution in [0.3, 0.4) is 0 Å². The second kappa shape index (κ2) is 6.97. The Hall–Kier alpha value is -2.47. The van der Waals surface area contributed by atoms with Crippen molar-refractivity contribution in [3.63, 3.8) is 0 Å². The van der Waals surface area contributed by atoms with Gasteiger partial charge in [-0.15, -0.1) is 0 Å². The Morgan fingerprint density at radius 3 is 2.54 bits per heavy atom. The second-order valence-corrected chi connectivity index (χ2v) is 6.29. The number of hydrogen-bond acceptors (Lipinski definition) is 5. The molecule has 1 saturated heterocycles. The molecule has 1 aliphatic heterocycles. The number of piperazine rings is 1. The molecule has 2 aromatic heterocycles. The SMILES string of the molecule is CN1CCN(C(=O)c2ccnc(-c3cccnc3N(C)C)c2)CC1. The average molecular weight is 325 g/mol. The van der Waals surface area contributed by atoms with E-state index >= 15 is 0 Å². The number of rotatable bonds is 3. The van der Waals surface area contributed by atoms with Crippen LogP contribution in [0.15, 0.2) is 36.7 Å². The van der Waals surface area contributed by atoms with Crippen LogP contribution in [0.5, 0.6) is 0 Å². The van der Waals surface area contributed by atoms with Gasteiger partial charge in [-0.1, -0.05) is 0 Å². The van der Waals surface area contributed by atoms with Gasteiger partial charge in [0, 0.05) is 63.8 Å². The maximum absolute atomic E-state index is 12.8. The van der Waals surface area contributed by atoms with Crippen molar-refractivity contribution >= 4 is 11.7 Å².